The van der Waals surface area contributed by atoms with E-state index in [4.69, 9.17) is 0 Å². The number of thioether (sulfide) groups is 1. The molecule has 0 amide bonds. The molecule has 0 heterocycles. The number of hydrogen-bond acceptors (Lipinski definition) is 1. The van der Waals surface area contributed by atoms with Crippen LogP contribution in [0.15, 0.2) is 12.7 Å². The maximum absolute atomic E-state index is 3.88. The predicted molar refractivity (Wildman–Crippen MR) is 56.1 cm³/mol. The van der Waals surface area contributed by atoms with Crippen LogP contribution in [0.3, 0.4) is 0 Å². The maximum Gasteiger partial charge on any atom is -0.00388 e. The summed E-state index contributed by atoms with van der Waals surface area (Å²) in [5, 5.41) is 0. The Bertz CT molecular complexity index is 107. The van der Waals surface area contributed by atoms with Crippen LogP contribution in [0.1, 0.15) is 20.8 Å². The van der Waals surface area contributed by atoms with Crippen molar-refractivity contribution in [3.63, 3.8) is 0 Å². The summed E-state index contributed by atoms with van der Waals surface area (Å²) in [6.07, 6.45) is 4.27. The quantitative estimate of drug-likeness (QED) is 0.572. The molecule has 0 saturated carbocycles. The topological polar surface area (TPSA) is 0 Å². The minimum absolute atomic E-state index is 0.683. The first kappa shape index (κ1) is 11.1. The van der Waals surface area contributed by atoms with Gasteiger partial charge in [-0.05, 0) is 29.8 Å². The maximum atomic E-state index is 3.88. The van der Waals surface area contributed by atoms with Gasteiger partial charge in [0.25, 0.3) is 0 Å². The van der Waals surface area contributed by atoms with E-state index in [1.54, 1.807) is 0 Å². The second-order valence-electron chi connectivity index (χ2n) is 3.49. The van der Waals surface area contributed by atoms with Gasteiger partial charge in [0, 0.05) is 0 Å². The Balaban J connectivity index is 3.91. The standard InChI is InChI=1S/C10H20S/c1-6-10(8(2)3)9(4)7-11-5/h6,8-10H,1,7H2,2-5H3. The van der Waals surface area contributed by atoms with E-state index in [9.17, 15) is 0 Å². The average Bonchev–Trinajstić information content (AvgIpc) is 1.88. The third-order valence-corrected chi connectivity index (χ3v) is 2.99. The molecule has 2 atom stereocenters. The highest BCUT2D eigenvalue weighted by Gasteiger charge is 2.16. The molecule has 0 saturated heterocycles. The van der Waals surface area contributed by atoms with Gasteiger partial charge in [-0.15, -0.1) is 6.58 Å². The Morgan fingerprint density at radius 3 is 2.18 bits per heavy atom. The van der Waals surface area contributed by atoms with Gasteiger partial charge in [-0.2, -0.15) is 11.8 Å². The third-order valence-electron chi connectivity index (χ3n) is 2.13. The predicted octanol–water partition coefficient (Wildman–Crippen LogP) is 3.44. The van der Waals surface area contributed by atoms with Crippen LogP contribution in [0.25, 0.3) is 0 Å². The van der Waals surface area contributed by atoms with Crippen LogP contribution in [-0.2, 0) is 0 Å². The van der Waals surface area contributed by atoms with Crippen molar-refractivity contribution in [1.82, 2.24) is 0 Å². The van der Waals surface area contributed by atoms with Gasteiger partial charge in [0.05, 0.1) is 0 Å². The van der Waals surface area contributed by atoms with E-state index in [1.165, 1.54) is 5.75 Å². The number of allylic oxidation sites excluding steroid dienone is 1. The highest BCUT2D eigenvalue weighted by atomic mass is 32.2. The second kappa shape index (κ2) is 5.70. The van der Waals surface area contributed by atoms with E-state index in [2.05, 4.69) is 39.7 Å². The number of hydrogen-bond donors (Lipinski definition) is 0. The molecule has 0 fully saturated rings. The molecule has 0 aliphatic carbocycles. The number of rotatable bonds is 5. The van der Waals surface area contributed by atoms with Gasteiger partial charge in [0.1, 0.15) is 0 Å². The van der Waals surface area contributed by atoms with Crippen molar-refractivity contribution >= 4 is 11.8 Å². The lowest BCUT2D eigenvalue weighted by atomic mass is 9.86. The molecule has 0 aromatic carbocycles. The van der Waals surface area contributed by atoms with E-state index in [-0.39, 0.29) is 0 Å². The Morgan fingerprint density at radius 2 is 1.91 bits per heavy atom. The molecule has 66 valence electrons. The molecule has 0 bridgehead atoms. The molecule has 0 nitrogen and oxygen atoms in total. The summed E-state index contributed by atoms with van der Waals surface area (Å²) in [6, 6.07) is 0. The van der Waals surface area contributed by atoms with Crippen LogP contribution < -0.4 is 0 Å². The van der Waals surface area contributed by atoms with E-state index in [1.807, 2.05) is 11.8 Å². The first-order chi connectivity index (χ1) is 5.13. The zero-order valence-electron chi connectivity index (χ0n) is 8.13. The Hall–Kier alpha value is 0.0900. The fourth-order valence-corrected chi connectivity index (χ4v) is 2.28. The minimum Gasteiger partial charge on any atom is -0.165 e. The lowest BCUT2D eigenvalue weighted by Gasteiger charge is -2.23. The second-order valence-corrected chi connectivity index (χ2v) is 4.40. The van der Waals surface area contributed by atoms with Crippen molar-refractivity contribution in [2.45, 2.75) is 20.8 Å². The molecule has 2 unspecified atom stereocenters. The van der Waals surface area contributed by atoms with Crippen molar-refractivity contribution in [2.24, 2.45) is 17.8 Å². The molecule has 0 aliphatic rings. The van der Waals surface area contributed by atoms with Crippen LogP contribution in [0.4, 0.5) is 0 Å². The highest BCUT2D eigenvalue weighted by Crippen LogP contribution is 2.23. The Kier molecular flexibility index (Phi) is 5.75. The molecule has 1 heteroatoms. The van der Waals surface area contributed by atoms with Crippen molar-refractivity contribution in [1.29, 1.82) is 0 Å². The van der Waals surface area contributed by atoms with Crippen molar-refractivity contribution < 1.29 is 0 Å². The summed E-state index contributed by atoms with van der Waals surface area (Å²) in [4.78, 5) is 0. The Labute approximate surface area is 75.5 Å². The lowest BCUT2D eigenvalue weighted by molar-refractivity contribution is 0.361. The van der Waals surface area contributed by atoms with Crippen LogP contribution in [0.2, 0.25) is 0 Å². The van der Waals surface area contributed by atoms with Gasteiger partial charge >= 0.3 is 0 Å². The normalized spacial score (nSPS) is 16.5. The third kappa shape index (κ3) is 3.85. The minimum atomic E-state index is 0.683. The molecule has 0 aliphatic heterocycles. The highest BCUT2D eigenvalue weighted by molar-refractivity contribution is 7.98. The summed E-state index contributed by atoms with van der Waals surface area (Å²) in [6.45, 7) is 10.7. The molecular weight excluding hydrogens is 152 g/mol. The van der Waals surface area contributed by atoms with Crippen molar-refractivity contribution in [3.8, 4) is 0 Å². The van der Waals surface area contributed by atoms with Gasteiger partial charge in [0.15, 0.2) is 0 Å². The smallest absolute Gasteiger partial charge is 0.00388 e. The van der Waals surface area contributed by atoms with Gasteiger partial charge in [-0.1, -0.05) is 26.8 Å². The van der Waals surface area contributed by atoms with Crippen LogP contribution in [-0.4, -0.2) is 12.0 Å². The van der Waals surface area contributed by atoms with E-state index in [0.717, 1.165) is 11.8 Å². The van der Waals surface area contributed by atoms with Gasteiger partial charge in [0.2, 0.25) is 0 Å². The molecule has 0 spiro atoms. The SMILES string of the molecule is C=CC(C(C)C)C(C)CSC. The van der Waals surface area contributed by atoms with E-state index in [0.29, 0.717) is 5.92 Å². The van der Waals surface area contributed by atoms with Crippen LogP contribution >= 0.6 is 11.8 Å². The zero-order valence-corrected chi connectivity index (χ0v) is 8.95. The fourth-order valence-electron chi connectivity index (χ4n) is 1.54. The summed E-state index contributed by atoms with van der Waals surface area (Å²) < 4.78 is 0. The summed E-state index contributed by atoms with van der Waals surface area (Å²) >= 11 is 1.92. The van der Waals surface area contributed by atoms with Crippen LogP contribution in [0.5, 0.6) is 0 Å². The van der Waals surface area contributed by atoms with Gasteiger partial charge in [-0.25, -0.2) is 0 Å². The Morgan fingerprint density at radius 1 is 1.36 bits per heavy atom. The molecule has 11 heavy (non-hydrogen) atoms. The first-order valence-corrected chi connectivity index (χ1v) is 5.64. The molecular formula is C10H20S. The molecule has 0 aromatic heterocycles. The molecule has 0 N–H and O–H groups in total. The monoisotopic (exact) mass is 172 g/mol. The van der Waals surface area contributed by atoms with E-state index < -0.39 is 0 Å². The summed E-state index contributed by atoms with van der Waals surface area (Å²) in [5.41, 5.74) is 0. The van der Waals surface area contributed by atoms with Crippen LogP contribution in [0, 0.1) is 17.8 Å². The first-order valence-electron chi connectivity index (χ1n) is 4.25. The average molecular weight is 172 g/mol. The largest absolute Gasteiger partial charge is 0.165 e. The lowest BCUT2D eigenvalue weighted by Crippen LogP contribution is -2.17. The molecule has 0 rings (SSSR count). The van der Waals surface area contributed by atoms with E-state index >= 15 is 0 Å². The summed E-state index contributed by atoms with van der Waals surface area (Å²) in [5.74, 6) is 3.43. The summed E-state index contributed by atoms with van der Waals surface area (Å²) in [7, 11) is 0. The van der Waals surface area contributed by atoms with Gasteiger partial charge < -0.3 is 0 Å². The molecule has 0 aromatic rings. The van der Waals surface area contributed by atoms with Crippen molar-refractivity contribution in [3.05, 3.63) is 12.7 Å². The fraction of sp³-hybridized carbons (Fsp3) is 0.800. The zero-order chi connectivity index (χ0) is 8.85. The molecule has 0 radical (unpaired) electrons. The van der Waals surface area contributed by atoms with Crippen molar-refractivity contribution in [2.75, 3.05) is 12.0 Å². The van der Waals surface area contributed by atoms with Gasteiger partial charge in [-0.3, -0.25) is 0 Å².